The summed E-state index contributed by atoms with van der Waals surface area (Å²) in [5.74, 6) is -0.116. The quantitative estimate of drug-likeness (QED) is 0.224. The average Bonchev–Trinajstić information content (AvgIpc) is 3.27. The SMILES string of the molecule is CCOC(=O)c1c(C)n(-c2ccccc2C)c2ccc(OCC(O)CN3CCN(c4ccc(OC(F)(F)F)cc4)CC3)cc12. The summed E-state index contributed by atoms with van der Waals surface area (Å²) in [6.45, 7) is 9.13. The number of halogens is 3. The first-order valence-electron chi connectivity index (χ1n) is 14.6. The summed E-state index contributed by atoms with van der Waals surface area (Å²) in [7, 11) is 0. The van der Waals surface area contributed by atoms with Gasteiger partial charge in [0.25, 0.3) is 0 Å². The molecule has 0 radical (unpaired) electrons. The number of hydrogen-bond donors (Lipinski definition) is 1. The number of fused-ring (bicyclic) bond motifs is 1. The predicted molar refractivity (Wildman–Crippen MR) is 162 cm³/mol. The lowest BCUT2D eigenvalue weighted by Crippen LogP contribution is -2.49. The Kier molecular flexibility index (Phi) is 9.36. The molecule has 1 unspecified atom stereocenters. The van der Waals surface area contributed by atoms with Crippen molar-refractivity contribution in [3.05, 3.63) is 83.6 Å². The maximum Gasteiger partial charge on any atom is 0.573 e. The van der Waals surface area contributed by atoms with Crippen molar-refractivity contribution >= 4 is 22.6 Å². The third-order valence-electron chi connectivity index (χ3n) is 7.73. The van der Waals surface area contributed by atoms with Crippen molar-refractivity contribution in [2.75, 3.05) is 50.8 Å². The molecule has 11 heteroatoms. The summed E-state index contributed by atoms with van der Waals surface area (Å²) in [5, 5.41) is 11.5. The molecule has 0 bridgehead atoms. The zero-order valence-electron chi connectivity index (χ0n) is 24.9. The number of hydrogen-bond acceptors (Lipinski definition) is 7. The first-order valence-corrected chi connectivity index (χ1v) is 14.6. The van der Waals surface area contributed by atoms with Gasteiger partial charge in [-0.15, -0.1) is 13.2 Å². The number of benzene rings is 3. The number of anilines is 1. The van der Waals surface area contributed by atoms with Crippen LogP contribution in [0.3, 0.4) is 0 Å². The number of nitrogens with zero attached hydrogens (tertiary/aromatic N) is 3. The standard InChI is InChI=1S/C33H36F3N3O5/c1-4-42-32(41)31-23(3)39(29-8-6-5-7-22(29)2)30-14-13-27(19-28(30)31)43-21-25(40)20-37-15-17-38(18-16-37)24-9-11-26(12-10-24)44-33(34,35)36/h5-14,19,25,40H,4,15-18,20-21H2,1-3H3. The molecular weight excluding hydrogens is 575 g/mol. The Hall–Kier alpha value is -4.22. The zero-order chi connectivity index (χ0) is 31.4. The molecule has 0 saturated carbocycles. The van der Waals surface area contributed by atoms with Gasteiger partial charge in [-0.2, -0.15) is 0 Å². The minimum absolute atomic E-state index is 0.0681. The number of para-hydroxylation sites is 1. The minimum Gasteiger partial charge on any atom is -0.491 e. The number of rotatable bonds is 10. The highest BCUT2D eigenvalue weighted by Crippen LogP contribution is 2.34. The molecule has 1 aromatic heterocycles. The van der Waals surface area contributed by atoms with Crippen LogP contribution in [0.25, 0.3) is 16.6 Å². The Morgan fingerprint density at radius 3 is 2.30 bits per heavy atom. The number of aromatic nitrogens is 1. The van der Waals surface area contributed by atoms with Gasteiger partial charge in [0.05, 0.1) is 17.7 Å². The Labute approximate surface area is 254 Å². The van der Waals surface area contributed by atoms with Crippen molar-refractivity contribution in [3.63, 3.8) is 0 Å². The molecule has 0 aliphatic carbocycles. The average molecular weight is 612 g/mol. The Morgan fingerprint density at radius 2 is 1.64 bits per heavy atom. The molecule has 0 amide bonds. The number of carbonyl (C=O) groups excluding carboxylic acids is 1. The molecule has 234 valence electrons. The summed E-state index contributed by atoms with van der Waals surface area (Å²) < 4.78 is 54.7. The number of aliphatic hydroxyl groups excluding tert-OH is 1. The molecular formula is C33H36F3N3O5. The molecule has 1 saturated heterocycles. The molecule has 1 fully saturated rings. The van der Waals surface area contributed by atoms with Gasteiger partial charge >= 0.3 is 12.3 Å². The molecule has 4 aromatic rings. The lowest BCUT2D eigenvalue weighted by molar-refractivity contribution is -0.274. The number of esters is 1. The second-order valence-corrected chi connectivity index (χ2v) is 10.8. The van der Waals surface area contributed by atoms with Crippen molar-refractivity contribution in [1.82, 2.24) is 9.47 Å². The molecule has 1 aliphatic rings. The Morgan fingerprint density at radius 1 is 0.955 bits per heavy atom. The van der Waals surface area contributed by atoms with Gasteiger partial charge in [0.1, 0.15) is 24.2 Å². The van der Waals surface area contributed by atoms with Crippen molar-refractivity contribution in [2.24, 2.45) is 0 Å². The topological polar surface area (TPSA) is 76.4 Å². The van der Waals surface area contributed by atoms with Gasteiger partial charge in [-0.3, -0.25) is 4.90 Å². The molecule has 5 rings (SSSR count). The summed E-state index contributed by atoms with van der Waals surface area (Å²) in [4.78, 5) is 17.2. The van der Waals surface area contributed by atoms with Crippen molar-refractivity contribution in [2.45, 2.75) is 33.2 Å². The summed E-state index contributed by atoms with van der Waals surface area (Å²) in [6.07, 6.45) is -5.47. The Balaban J connectivity index is 1.21. The van der Waals surface area contributed by atoms with Crippen LogP contribution in [0.5, 0.6) is 11.5 Å². The van der Waals surface area contributed by atoms with Crippen LogP contribution in [0.15, 0.2) is 66.7 Å². The molecule has 0 spiro atoms. The summed E-state index contributed by atoms with van der Waals surface area (Å²) in [5.41, 5.74) is 4.97. The van der Waals surface area contributed by atoms with Crippen LogP contribution in [-0.2, 0) is 4.74 Å². The molecule has 2 heterocycles. The predicted octanol–water partition coefficient (Wildman–Crippen LogP) is 5.88. The first-order chi connectivity index (χ1) is 21.0. The van der Waals surface area contributed by atoms with E-state index in [0.717, 1.165) is 28.1 Å². The highest BCUT2D eigenvalue weighted by atomic mass is 19.4. The van der Waals surface area contributed by atoms with E-state index in [2.05, 4.69) is 19.1 Å². The van der Waals surface area contributed by atoms with Gasteiger partial charge in [0.2, 0.25) is 0 Å². The molecule has 1 atom stereocenters. The van der Waals surface area contributed by atoms with Crippen LogP contribution in [0.4, 0.5) is 18.9 Å². The van der Waals surface area contributed by atoms with Crippen LogP contribution in [0, 0.1) is 13.8 Å². The smallest absolute Gasteiger partial charge is 0.491 e. The monoisotopic (exact) mass is 611 g/mol. The number of ether oxygens (including phenoxy) is 3. The fourth-order valence-corrected chi connectivity index (χ4v) is 5.66. The number of aliphatic hydroxyl groups is 1. The summed E-state index contributed by atoms with van der Waals surface area (Å²) >= 11 is 0. The van der Waals surface area contributed by atoms with E-state index >= 15 is 0 Å². The number of alkyl halides is 3. The Bertz CT molecular complexity index is 1600. The maximum atomic E-state index is 13.0. The second-order valence-electron chi connectivity index (χ2n) is 10.8. The van der Waals surface area contributed by atoms with Crippen LogP contribution >= 0.6 is 0 Å². The maximum absolute atomic E-state index is 13.0. The fourth-order valence-electron chi connectivity index (χ4n) is 5.66. The highest BCUT2D eigenvalue weighted by molar-refractivity contribution is 6.07. The van der Waals surface area contributed by atoms with Gasteiger partial charge in [-0.1, -0.05) is 18.2 Å². The molecule has 1 N–H and O–H groups in total. The number of piperazine rings is 1. The minimum atomic E-state index is -4.72. The van der Waals surface area contributed by atoms with E-state index in [0.29, 0.717) is 49.4 Å². The van der Waals surface area contributed by atoms with E-state index in [9.17, 15) is 23.1 Å². The number of β-amino-alcohol motifs (C(OH)–C–C–N with tert-alkyl or cyclic N) is 1. The van der Waals surface area contributed by atoms with E-state index in [-0.39, 0.29) is 19.0 Å². The molecule has 1 aliphatic heterocycles. The van der Waals surface area contributed by atoms with E-state index in [1.54, 1.807) is 19.1 Å². The third-order valence-corrected chi connectivity index (χ3v) is 7.73. The van der Waals surface area contributed by atoms with Gasteiger partial charge in [-0.05, 0) is 74.9 Å². The molecule has 3 aromatic carbocycles. The van der Waals surface area contributed by atoms with Crippen molar-refractivity contribution in [3.8, 4) is 17.2 Å². The van der Waals surface area contributed by atoms with E-state index in [1.165, 1.54) is 12.1 Å². The van der Waals surface area contributed by atoms with E-state index in [4.69, 9.17) is 9.47 Å². The number of aryl methyl sites for hydroxylation is 1. The summed E-state index contributed by atoms with van der Waals surface area (Å²) in [6, 6.07) is 19.4. The van der Waals surface area contributed by atoms with Crippen LogP contribution < -0.4 is 14.4 Å². The zero-order valence-corrected chi connectivity index (χ0v) is 24.9. The fraction of sp³-hybridized carbons (Fsp3) is 0.364. The normalized spacial score (nSPS) is 14.9. The second kappa shape index (κ2) is 13.2. The van der Waals surface area contributed by atoms with Gasteiger partial charge in [-0.25, -0.2) is 4.79 Å². The van der Waals surface area contributed by atoms with Crippen LogP contribution in [0.1, 0.15) is 28.5 Å². The van der Waals surface area contributed by atoms with Gasteiger partial charge in [0.15, 0.2) is 0 Å². The van der Waals surface area contributed by atoms with E-state index < -0.39 is 18.4 Å². The van der Waals surface area contributed by atoms with Crippen molar-refractivity contribution < 1.29 is 37.3 Å². The van der Waals surface area contributed by atoms with Crippen LogP contribution in [-0.4, -0.2) is 78.9 Å². The van der Waals surface area contributed by atoms with Crippen LogP contribution in [0.2, 0.25) is 0 Å². The van der Waals surface area contributed by atoms with E-state index in [1.807, 2.05) is 56.3 Å². The number of carbonyl (C=O) groups is 1. The molecule has 8 nitrogen and oxygen atoms in total. The largest absolute Gasteiger partial charge is 0.573 e. The third kappa shape index (κ3) is 7.11. The first kappa shape index (κ1) is 31.2. The van der Waals surface area contributed by atoms with Crippen molar-refractivity contribution in [1.29, 1.82) is 0 Å². The lowest BCUT2D eigenvalue weighted by atomic mass is 10.1. The van der Waals surface area contributed by atoms with Gasteiger partial charge < -0.3 is 28.8 Å². The highest BCUT2D eigenvalue weighted by Gasteiger charge is 2.31. The lowest BCUT2D eigenvalue weighted by Gasteiger charge is -2.36. The molecule has 44 heavy (non-hydrogen) atoms. The van der Waals surface area contributed by atoms with Gasteiger partial charge in [0, 0.05) is 55.2 Å².